The summed E-state index contributed by atoms with van der Waals surface area (Å²) in [6.45, 7) is 4.43. The van der Waals surface area contributed by atoms with Gasteiger partial charge in [-0.1, -0.05) is 89.5 Å². The number of aliphatic hydroxyl groups is 1. The number of carbonyl (C=O) groups is 1. The van der Waals surface area contributed by atoms with E-state index in [-0.39, 0.29) is 0 Å². The zero-order chi connectivity index (χ0) is 20.1. The molecule has 0 aliphatic heterocycles. The third-order valence-electron chi connectivity index (χ3n) is 5.31. The van der Waals surface area contributed by atoms with Crippen LogP contribution >= 0.6 is 0 Å². The van der Waals surface area contributed by atoms with E-state index in [4.69, 9.17) is 9.47 Å². The van der Waals surface area contributed by atoms with Crippen LogP contribution in [-0.4, -0.2) is 31.4 Å². The zero-order valence-corrected chi connectivity index (χ0v) is 17.6. The average Bonchev–Trinajstić information content (AvgIpc) is 2.70. The smallest absolute Gasteiger partial charge is 0.338 e. The highest BCUT2D eigenvalue weighted by Crippen LogP contribution is 2.31. The molecule has 0 spiro atoms. The summed E-state index contributed by atoms with van der Waals surface area (Å²) in [6, 6.07) is 7.78. The van der Waals surface area contributed by atoms with E-state index in [0.29, 0.717) is 5.92 Å². The van der Waals surface area contributed by atoms with Gasteiger partial charge in [0.15, 0.2) is 6.10 Å². The van der Waals surface area contributed by atoms with Gasteiger partial charge in [-0.3, -0.25) is 0 Å². The number of hydrogen-bond donors (Lipinski definition) is 1. The van der Waals surface area contributed by atoms with Crippen molar-refractivity contribution in [2.75, 3.05) is 14.2 Å². The Morgan fingerprint density at radius 1 is 0.963 bits per heavy atom. The van der Waals surface area contributed by atoms with Crippen molar-refractivity contribution in [2.24, 2.45) is 0 Å². The normalized spacial score (nSPS) is 14.6. The predicted octanol–water partition coefficient (Wildman–Crippen LogP) is 5.54. The molecule has 1 aromatic carbocycles. The molecule has 0 radical (unpaired) electrons. The fourth-order valence-electron chi connectivity index (χ4n) is 3.60. The molecule has 1 N–H and O–H groups in total. The summed E-state index contributed by atoms with van der Waals surface area (Å²) in [7, 11) is 2.72. The van der Waals surface area contributed by atoms with Crippen molar-refractivity contribution < 1.29 is 19.4 Å². The Labute approximate surface area is 165 Å². The van der Waals surface area contributed by atoms with E-state index in [1.54, 1.807) is 0 Å². The topological polar surface area (TPSA) is 55.8 Å². The second-order valence-corrected chi connectivity index (χ2v) is 7.42. The van der Waals surface area contributed by atoms with Gasteiger partial charge in [0, 0.05) is 7.11 Å². The van der Waals surface area contributed by atoms with Gasteiger partial charge in [-0.05, 0) is 23.5 Å². The van der Waals surface area contributed by atoms with Gasteiger partial charge in [0.1, 0.15) is 6.10 Å². The maximum Gasteiger partial charge on any atom is 0.338 e. The first-order valence-corrected chi connectivity index (χ1v) is 10.4. The van der Waals surface area contributed by atoms with Crippen LogP contribution in [0.15, 0.2) is 24.3 Å². The van der Waals surface area contributed by atoms with E-state index >= 15 is 0 Å². The van der Waals surface area contributed by atoms with Gasteiger partial charge in [-0.25, -0.2) is 4.79 Å². The van der Waals surface area contributed by atoms with Gasteiger partial charge in [0.05, 0.1) is 7.11 Å². The SMILES string of the molecule is CCCCCCCCCCC(C)c1ccccc1C(O)C(OC)C(=O)OC. The summed E-state index contributed by atoms with van der Waals surface area (Å²) >= 11 is 0. The maximum atomic E-state index is 11.9. The second kappa shape index (κ2) is 13.7. The lowest BCUT2D eigenvalue weighted by Crippen LogP contribution is -2.31. The molecule has 3 unspecified atom stereocenters. The van der Waals surface area contributed by atoms with Crippen LogP contribution in [0.2, 0.25) is 0 Å². The molecule has 27 heavy (non-hydrogen) atoms. The molecule has 1 aromatic rings. The minimum Gasteiger partial charge on any atom is -0.467 e. The highest BCUT2D eigenvalue weighted by Gasteiger charge is 2.30. The average molecular weight is 379 g/mol. The Bertz CT molecular complexity index is 529. The fraction of sp³-hybridized carbons (Fsp3) is 0.696. The van der Waals surface area contributed by atoms with Gasteiger partial charge in [0.25, 0.3) is 0 Å². The Balaban J connectivity index is 2.58. The van der Waals surface area contributed by atoms with Crippen LogP contribution in [0.1, 0.15) is 94.8 Å². The largest absolute Gasteiger partial charge is 0.467 e. The van der Waals surface area contributed by atoms with Crippen LogP contribution in [0.5, 0.6) is 0 Å². The Morgan fingerprint density at radius 3 is 2.07 bits per heavy atom. The third-order valence-corrected chi connectivity index (χ3v) is 5.31. The molecule has 0 bridgehead atoms. The number of esters is 1. The number of hydrogen-bond acceptors (Lipinski definition) is 4. The van der Waals surface area contributed by atoms with Gasteiger partial charge < -0.3 is 14.6 Å². The number of aliphatic hydroxyl groups excluding tert-OH is 1. The van der Waals surface area contributed by atoms with E-state index in [9.17, 15) is 9.90 Å². The monoisotopic (exact) mass is 378 g/mol. The predicted molar refractivity (Wildman–Crippen MR) is 110 cm³/mol. The molecule has 4 nitrogen and oxygen atoms in total. The standard InChI is InChI=1S/C23H38O4/c1-5-6-7-8-9-10-11-12-15-18(2)19-16-13-14-17-20(19)21(24)22(26-3)23(25)27-4/h13-14,16-18,21-22,24H,5-12,15H2,1-4H3. The first-order chi connectivity index (χ1) is 13.1. The number of methoxy groups -OCH3 is 2. The lowest BCUT2D eigenvalue weighted by molar-refractivity contribution is -0.159. The van der Waals surface area contributed by atoms with Crippen LogP contribution in [0, 0.1) is 0 Å². The molecule has 0 saturated carbocycles. The maximum absolute atomic E-state index is 11.9. The van der Waals surface area contributed by atoms with Gasteiger partial charge in [-0.2, -0.15) is 0 Å². The van der Waals surface area contributed by atoms with Crippen molar-refractivity contribution in [3.8, 4) is 0 Å². The molecule has 3 atom stereocenters. The summed E-state index contributed by atoms with van der Waals surface area (Å²) in [5.74, 6) is -0.235. The molecule has 0 saturated heterocycles. The lowest BCUT2D eigenvalue weighted by atomic mass is 9.88. The molecular formula is C23H38O4. The van der Waals surface area contributed by atoms with E-state index < -0.39 is 18.2 Å². The number of ether oxygens (including phenoxy) is 2. The summed E-state index contributed by atoms with van der Waals surface area (Å²) in [5, 5.41) is 10.7. The number of carbonyl (C=O) groups excluding carboxylic acids is 1. The van der Waals surface area contributed by atoms with Crippen molar-refractivity contribution in [1.29, 1.82) is 0 Å². The molecule has 0 heterocycles. The van der Waals surface area contributed by atoms with E-state index in [1.807, 2.05) is 24.3 Å². The van der Waals surface area contributed by atoms with Crippen molar-refractivity contribution >= 4 is 5.97 Å². The van der Waals surface area contributed by atoms with Gasteiger partial charge >= 0.3 is 5.97 Å². The summed E-state index contributed by atoms with van der Waals surface area (Å²) in [4.78, 5) is 11.9. The molecule has 0 amide bonds. The molecular weight excluding hydrogens is 340 g/mol. The Kier molecular flexibility index (Phi) is 12.0. The summed E-state index contributed by atoms with van der Waals surface area (Å²) in [6.07, 6.45) is 9.47. The Hall–Kier alpha value is -1.39. The molecule has 0 aromatic heterocycles. The van der Waals surface area contributed by atoms with Crippen LogP contribution in [0.3, 0.4) is 0 Å². The second-order valence-electron chi connectivity index (χ2n) is 7.42. The quantitative estimate of drug-likeness (QED) is 0.341. The summed E-state index contributed by atoms with van der Waals surface area (Å²) < 4.78 is 9.93. The molecule has 0 aliphatic carbocycles. The van der Waals surface area contributed by atoms with Crippen molar-refractivity contribution in [3.63, 3.8) is 0 Å². The van der Waals surface area contributed by atoms with Gasteiger partial charge in [0.2, 0.25) is 0 Å². The zero-order valence-electron chi connectivity index (χ0n) is 17.6. The van der Waals surface area contributed by atoms with Crippen LogP contribution in [0.4, 0.5) is 0 Å². The minimum absolute atomic E-state index is 0.325. The highest BCUT2D eigenvalue weighted by molar-refractivity contribution is 5.75. The van der Waals surface area contributed by atoms with Crippen LogP contribution < -0.4 is 0 Å². The molecule has 154 valence electrons. The third kappa shape index (κ3) is 8.02. The molecule has 1 rings (SSSR count). The van der Waals surface area contributed by atoms with Gasteiger partial charge in [-0.15, -0.1) is 0 Å². The minimum atomic E-state index is -1.03. The first kappa shape index (κ1) is 23.6. The van der Waals surface area contributed by atoms with Crippen molar-refractivity contribution in [3.05, 3.63) is 35.4 Å². The molecule has 4 heteroatoms. The first-order valence-electron chi connectivity index (χ1n) is 10.4. The van der Waals surface area contributed by atoms with Crippen molar-refractivity contribution in [2.45, 2.75) is 89.8 Å². The number of unbranched alkanes of at least 4 members (excludes halogenated alkanes) is 7. The van der Waals surface area contributed by atoms with Crippen molar-refractivity contribution in [1.82, 2.24) is 0 Å². The fourth-order valence-corrected chi connectivity index (χ4v) is 3.60. The highest BCUT2D eigenvalue weighted by atomic mass is 16.6. The van der Waals surface area contributed by atoms with E-state index in [0.717, 1.165) is 17.5 Å². The summed E-state index contributed by atoms with van der Waals surface area (Å²) in [5.41, 5.74) is 1.83. The van der Waals surface area contributed by atoms with E-state index in [2.05, 4.69) is 13.8 Å². The number of rotatable bonds is 14. The van der Waals surface area contributed by atoms with E-state index in [1.165, 1.54) is 65.6 Å². The van der Waals surface area contributed by atoms with Crippen LogP contribution in [-0.2, 0) is 14.3 Å². The number of benzene rings is 1. The molecule has 0 aliphatic rings. The lowest BCUT2D eigenvalue weighted by Gasteiger charge is -2.24. The Morgan fingerprint density at radius 2 is 1.52 bits per heavy atom. The van der Waals surface area contributed by atoms with Crippen LogP contribution in [0.25, 0.3) is 0 Å². The molecule has 0 fully saturated rings.